The second kappa shape index (κ2) is 5.82. The number of hydrogen-bond acceptors (Lipinski definition) is 4. The lowest BCUT2D eigenvalue weighted by molar-refractivity contribution is 0.282. The lowest BCUT2D eigenvalue weighted by Crippen LogP contribution is -2.18. The summed E-state index contributed by atoms with van der Waals surface area (Å²) in [6.45, 7) is 2.79. The molecule has 0 aliphatic heterocycles. The minimum Gasteiger partial charge on any atom is -0.392 e. The Balaban J connectivity index is 2.22. The van der Waals surface area contributed by atoms with Crippen LogP contribution in [0.2, 0.25) is 0 Å². The first-order valence-corrected chi connectivity index (χ1v) is 7.29. The van der Waals surface area contributed by atoms with Crippen LogP contribution < -0.4 is 4.90 Å². The van der Waals surface area contributed by atoms with Gasteiger partial charge in [-0.15, -0.1) is 11.3 Å². The highest BCUT2D eigenvalue weighted by molar-refractivity contribution is 9.10. The molecule has 1 aromatic carbocycles. The molecule has 0 bridgehead atoms. The van der Waals surface area contributed by atoms with Crippen molar-refractivity contribution in [2.75, 3.05) is 11.9 Å². The van der Waals surface area contributed by atoms with Crippen molar-refractivity contribution in [1.29, 1.82) is 0 Å². The van der Waals surface area contributed by atoms with Gasteiger partial charge >= 0.3 is 0 Å². The smallest absolute Gasteiger partial charge is 0.0898 e. The second-order valence-corrected chi connectivity index (χ2v) is 6.12. The zero-order valence-electron chi connectivity index (χ0n) is 10.4. The number of hydrogen-bond donors (Lipinski definition) is 1. The fourth-order valence-electron chi connectivity index (χ4n) is 1.84. The Morgan fingerprint density at radius 3 is 2.83 bits per heavy atom. The quantitative estimate of drug-likeness (QED) is 0.936. The fraction of sp³-hybridized carbons (Fsp3) is 0.308. The van der Waals surface area contributed by atoms with E-state index >= 15 is 0 Å². The molecular formula is C13H15BrN2OS. The Bertz CT molecular complexity index is 542. The van der Waals surface area contributed by atoms with E-state index in [4.69, 9.17) is 0 Å². The molecule has 0 saturated heterocycles. The zero-order chi connectivity index (χ0) is 13.1. The molecule has 5 heteroatoms. The minimum atomic E-state index is 0.0447. The molecule has 0 aliphatic carbocycles. The van der Waals surface area contributed by atoms with Crippen molar-refractivity contribution >= 4 is 33.0 Å². The van der Waals surface area contributed by atoms with Gasteiger partial charge < -0.3 is 10.0 Å². The molecule has 18 heavy (non-hydrogen) atoms. The molecule has 96 valence electrons. The third-order valence-corrected chi connectivity index (χ3v) is 4.01. The molecule has 1 N–H and O–H groups in total. The van der Waals surface area contributed by atoms with Crippen LogP contribution in [0.15, 0.2) is 28.1 Å². The van der Waals surface area contributed by atoms with Gasteiger partial charge in [-0.2, -0.15) is 0 Å². The Kier molecular flexibility index (Phi) is 4.37. The van der Waals surface area contributed by atoms with E-state index in [0.29, 0.717) is 0 Å². The summed E-state index contributed by atoms with van der Waals surface area (Å²) in [5, 5.41) is 12.5. The number of rotatable bonds is 4. The number of thiazole rings is 1. The van der Waals surface area contributed by atoms with E-state index in [2.05, 4.69) is 31.2 Å². The number of aromatic nitrogens is 1. The molecule has 0 atom stereocenters. The van der Waals surface area contributed by atoms with Gasteiger partial charge in [0.15, 0.2) is 0 Å². The predicted octanol–water partition coefficient (Wildman–Crippen LogP) is 3.34. The molecule has 1 heterocycles. The molecule has 1 aromatic heterocycles. The van der Waals surface area contributed by atoms with Gasteiger partial charge in [0.25, 0.3) is 0 Å². The summed E-state index contributed by atoms with van der Waals surface area (Å²) in [7, 11) is 2.01. The van der Waals surface area contributed by atoms with Gasteiger partial charge in [0, 0.05) is 28.2 Å². The van der Waals surface area contributed by atoms with E-state index in [9.17, 15) is 5.11 Å². The van der Waals surface area contributed by atoms with Gasteiger partial charge in [0.2, 0.25) is 0 Å². The topological polar surface area (TPSA) is 36.4 Å². The highest BCUT2D eigenvalue weighted by Gasteiger charge is 2.09. The van der Waals surface area contributed by atoms with Crippen LogP contribution in [0.1, 0.15) is 16.3 Å². The van der Waals surface area contributed by atoms with Crippen LogP contribution in [0.25, 0.3) is 0 Å². The lowest BCUT2D eigenvalue weighted by Gasteiger charge is -2.21. The third-order valence-electron chi connectivity index (χ3n) is 2.69. The zero-order valence-corrected chi connectivity index (χ0v) is 12.8. The number of benzene rings is 1. The van der Waals surface area contributed by atoms with Crippen molar-refractivity contribution < 1.29 is 5.11 Å². The first-order chi connectivity index (χ1) is 8.60. The standard InChI is InChI=1S/C13H15BrN2OS/c1-9-15-12(8-18-9)6-16(2)13-5-11(14)4-3-10(13)7-17/h3-5,8,17H,6-7H2,1-2H3. The largest absolute Gasteiger partial charge is 0.392 e. The van der Waals surface area contributed by atoms with Crippen LogP contribution in [0, 0.1) is 6.92 Å². The van der Waals surface area contributed by atoms with E-state index in [0.717, 1.165) is 33.0 Å². The van der Waals surface area contributed by atoms with Crippen LogP contribution in [0.3, 0.4) is 0 Å². The highest BCUT2D eigenvalue weighted by Crippen LogP contribution is 2.25. The summed E-state index contributed by atoms with van der Waals surface area (Å²) in [6, 6.07) is 5.89. The van der Waals surface area contributed by atoms with E-state index in [1.807, 2.05) is 32.2 Å². The van der Waals surface area contributed by atoms with E-state index in [1.165, 1.54) is 0 Å². The molecule has 0 radical (unpaired) electrons. The molecule has 0 aliphatic rings. The molecule has 0 saturated carbocycles. The van der Waals surface area contributed by atoms with Crippen molar-refractivity contribution in [3.05, 3.63) is 44.3 Å². The van der Waals surface area contributed by atoms with Crippen molar-refractivity contribution in [3.63, 3.8) is 0 Å². The summed E-state index contributed by atoms with van der Waals surface area (Å²) >= 11 is 5.12. The van der Waals surface area contributed by atoms with Crippen LogP contribution in [0.4, 0.5) is 5.69 Å². The Hall–Kier alpha value is -0.910. The molecule has 2 rings (SSSR count). The van der Waals surface area contributed by atoms with Crippen LogP contribution in [0.5, 0.6) is 0 Å². The van der Waals surface area contributed by atoms with Gasteiger partial charge in [-0.25, -0.2) is 4.98 Å². The predicted molar refractivity (Wildman–Crippen MR) is 79.0 cm³/mol. The maximum absolute atomic E-state index is 9.37. The second-order valence-electron chi connectivity index (χ2n) is 4.15. The molecule has 0 fully saturated rings. The maximum Gasteiger partial charge on any atom is 0.0898 e. The number of halogens is 1. The first-order valence-electron chi connectivity index (χ1n) is 5.61. The lowest BCUT2D eigenvalue weighted by atomic mass is 10.1. The summed E-state index contributed by atoms with van der Waals surface area (Å²) in [4.78, 5) is 6.56. The average Bonchev–Trinajstić information content (AvgIpc) is 2.74. The van der Waals surface area contributed by atoms with Crippen LogP contribution >= 0.6 is 27.3 Å². The number of aliphatic hydroxyl groups is 1. The number of nitrogens with zero attached hydrogens (tertiary/aromatic N) is 2. The van der Waals surface area contributed by atoms with Crippen LogP contribution in [-0.4, -0.2) is 17.1 Å². The monoisotopic (exact) mass is 326 g/mol. The molecule has 2 aromatic rings. The normalized spacial score (nSPS) is 10.7. The average molecular weight is 327 g/mol. The number of aliphatic hydroxyl groups excluding tert-OH is 1. The Morgan fingerprint density at radius 2 is 2.22 bits per heavy atom. The highest BCUT2D eigenvalue weighted by atomic mass is 79.9. The SMILES string of the molecule is Cc1nc(CN(C)c2cc(Br)ccc2CO)cs1. The maximum atomic E-state index is 9.37. The number of aryl methyl sites for hydroxylation is 1. The molecule has 0 spiro atoms. The first kappa shape index (κ1) is 13.5. The van der Waals surface area contributed by atoms with Gasteiger partial charge in [-0.1, -0.05) is 22.0 Å². The Morgan fingerprint density at radius 1 is 1.44 bits per heavy atom. The van der Waals surface area contributed by atoms with Crippen molar-refractivity contribution in [2.45, 2.75) is 20.1 Å². The van der Waals surface area contributed by atoms with E-state index < -0.39 is 0 Å². The van der Waals surface area contributed by atoms with Gasteiger partial charge in [0.05, 0.1) is 23.9 Å². The molecule has 0 amide bonds. The van der Waals surface area contributed by atoms with E-state index in [-0.39, 0.29) is 6.61 Å². The Labute approximate surface area is 119 Å². The third kappa shape index (κ3) is 3.10. The summed E-state index contributed by atoms with van der Waals surface area (Å²) in [5.74, 6) is 0. The summed E-state index contributed by atoms with van der Waals surface area (Å²) < 4.78 is 1.01. The molecule has 3 nitrogen and oxygen atoms in total. The molecule has 0 unspecified atom stereocenters. The minimum absolute atomic E-state index is 0.0447. The summed E-state index contributed by atoms with van der Waals surface area (Å²) in [6.07, 6.45) is 0. The fourth-order valence-corrected chi connectivity index (χ4v) is 2.79. The summed E-state index contributed by atoms with van der Waals surface area (Å²) in [5.41, 5.74) is 3.01. The molecular weight excluding hydrogens is 312 g/mol. The number of anilines is 1. The van der Waals surface area contributed by atoms with Crippen molar-refractivity contribution in [3.8, 4) is 0 Å². The van der Waals surface area contributed by atoms with Gasteiger partial charge in [-0.3, -0.25) is 0 Å². The van der Waals surface area contributed by atoms with Gasteiger partial charge in [-0.05, 0) is 19.1 Å². The van der Waals surface area contributed by atoms with Crippen LogP contribution in [-0.2, 0) is 13.2 Å². The van der Waals surface area contributed by atoms with Crippen molar-refractivity contribution in [1.82, 2.24) is 4.98 Å². The van der Waals surface area contributed by atoms with Gasteiger partial charge in [0.1, 0.15) is 0 Å². The van der Waals surface area contributed by atoms with E-state index in [1.54, 1.807) is 11.3 Å². The van der Waals surface area contributed by atoms with Crippen molar-refractivity contribution in [2.24, 2.45) is 0 Å².